The minimum Gasteiger partial charge on any atom is -0.439 e. The van der Waals surface area contributed by atoms with Crippen LogP contribution in [0.3, 0.4) is 0 Å². The van der Waals surface area contributed by atoms with Crippen LogP contribution < -0.4 is 16.0 Å². The van der Waals surface area contributed by atoms with Gasteiger partial charge in [0.2, 0.25) is 5.88 Å². The number of hydrogen-bond acceptors (Lipinski definition) is 5. The van der Waals surface area contributed by atoms with Gasteiger partial charge in [0.1, 0.15) is 17.9 Å². The summed E-state index contributed by atoms with van der Waals surface area (Å²) in [4.78, 5) is 7.95. The Morgan fingerprint density at radius 2 is 2.00 bits per heavy atom. The van der Waals surface area contributed by atoms with Gasteiger partial charge in [-0.25, -0.2) is 15.8 Å². The van der Waals surface area contributed by atoms with Crippen LogP contribution >= 0.6 is 0 Å². The van der Waals surface area contributed by atoms with Crippen molar-refractivity contribution in [3.63, 3.8) is 0 Å². The molecule has 0 amide bonds. The maximum absolute atomic E-state index is 5.64. The minimum absolute atomic E-state index is 0.458. The van der Waals surface area contributed by atoms with E-state index in [2.05, 4.69) is 41.4 Å². The minimum atomic E-state index is 0.458. The molecule has 1 aromatic carbocycles. The zero-order valence-corrected chi connectivity index (χ0v) is 11.1. The van der Waals surface area contributed by atoms with Crippen LogP contribution in [0.2, 0.25) is 0 Å². The van der Waals surface area contributed by atoms with Gasteiger partial charge < -0.3 is 10.2 Å². The van der Waals surface area contributed by atoms with Crippen LogP contribution in [0.5, 0.6) is 11.6 Å². The highest BCUT2D eigenvalue weighted by Gasteiger charge is 2.04. The van der Waals surface area contributed by atoms with Gasteiger partial charge in [-0.05, 0) is 30.0 Å². The molecule has 1 heterocycles. The molecule has 1 unspecified atom stereocenters. The van der Waals surface area contributed by atoms with E-state index >= 15 is 0 Å². The molecule has 19 heavy (non-hydrogen) atoms. The van der Waals surface area contributed by atoms with Crippen molar-refractivity contribution in [2.75, 3.05) is 5.43 Å². The lowest BCUT2D eigenvalue weighted by Gasteiger charge is -2.10. The third-order valence-corrected chi connectivity index (χ3v) is 3.07. The van der Waals surface area contributed by atoms with Crippen LogP contribution in [0, 0.1) is 0 Å². The number of nitrogens with one attached hydrogen (secondary N) is 1. The Bertz CT molecular complexity index is 527. The molecule has 1 atom stereocenters. The van der Waals surface area contributed by atoms with Crippen molar-refractivity contribution in [3.8, 4) is 11.6 Å². The molecule has 0 bridgehead atoms. The number of ether oxygens (including phenoxy) is 1. The third kappa shape index (κ3) is 3.42. The SMILES string of the molecule is CCC(C)c1ccc(Oc2cc(NN)ncn2)cc1. The number of benzene rings is 1. The summed E-state index contributed by atoms with van der Waals surface area (Å²) in [6, 6.07) is 9.68. The first kappa shape index (κ1) is 13.3. The average molecular weight is 258 g/mol. The molecular formula is C14H18N4O. The molecule has 3 N–H and O–H groups in total. The van der Waals surface area contributed by atoms with Gasteiger partial charge in [0.05, 0.1) is 0 Å². The highest BCUT2D eigenvalue weighted by molar-refractivity contribution is 5.38. The number of aromatic nitrogens is 2. The molecule has 5 heteroatoms. The van der Waals surface area contributed by atoms with E-state index in [1.54, 1.807) is 6.07 Å². The molecule has 0 radical (unpaired) electrons. The van der Waals surface area contributed by atoms with Crippen molar-refractivity contribution in [1.29, 1.82) is 0 Å². The van der Waals surface area contributed by atoms with Crippen molar-refractivity contribution in [1.82, 2.24) is 9.97 Å². The molecule has 0 aliphatic carbocycles. The Balaban J connectivity index is 2.10. The lowest BCUT2D eigenvalue weighted by atomic mass is 9.99. The topological polar surface area (TPSA) is 73.1 Å². The van der Waals surface area contributed by atoms with Crippen molar-refractivity contribution in [2.45, 2.75) is 26.2 Å². The van der Waals surface area contributed by atoms with Crippen LogP contribution in [-0.4, -0.2) is 9.97 Å². The number of hydrazine groups is 1. The van der Waals surface area contributed by atoms with Crippen LogP contribution in [-0.2, 0) is 0 Å². The summed E-state index contributed by atoms with van der Waals surface area (Å²) in [5.41, 5.74) is 3.76. The summed E-state index contributed by atoms with van der Waals surface area (Å²) >= 11 is 0. The second kappa shape index (κ2) is 6.15. The molecule has 0 aliphatic heterocycles. The van der Waals surface area contributed by atoms with Gasteiger partial charge >= 0.3 is 0 Å². The number of rotatable bonds is 5. The van der Waals surface area contributed by atoms with E-state index in [-0.39, 0.29) is 0 Å². The standard InChI is InChI=1S/C14H18N4O/c1-3-10(2)11-4-6-12(7-5-11)19-14-8-13(18-15)16-9-17-14/h4-10H,3,15H2,1-2H3,(H,16,17,18). The van der Waals surface area contributed by atoms with E-state index < -0.39 is 0 Å². The van der Waals surface area contributed by atoms with Crippen LogP contribution in [0.25, 0.3) is 0 Å². The summed E-state index contributed by atoms with van der Waals surface area (Å²) in [5.74, 6) is 7.56. The Kier molecular flexibility index (Phi) is 4.30. The number of nitrogen functional groups attached to an aromatic ring is 1. The predicted octanol–water partition coefficient (Wildman–Crippen LogP) is 3.07. The molecule has 0 saturated carbocycles. The first-order valence-corrected chi connectivity index (χ1v) is 6.29. The van der Waals surface area contributed by atoms with Gasteiger partial charge in [-0.15, -0.1) is 0 Å². The van der Waals surface area contributed by atoms with E-state index in [0.29, 0.717) is 17.6 Å². The van der Waals surface area contributed by atoms with E-state index in [9.17, 15) is 0 Å². The second-order valence-corrected chi connectivity index (χ2v) is 4.37. The zero-order valence-electron chi connectivity index (χ0n) is 11.1. The summed E-state index contributed by atoms with van der Waals surface area (Å²) in [7, 11) is 0. The van der Waals surface area contributed by atoms with E-state index in [0.717, 1.165) is 12.2 Å². The molecule has 0 saturated heterocycles. The van der Waals surface area contributed by atoms with Gasteiger partial charge in [-0.2, -0.15) is 0 Å². The zero-order chi connectivity index (χ0) is 13.7. The lowest BCUT2D eigenvalue weighted by Crippen LogP contribution is -2.08. The normalized spacial score (nSPS) is 11.9. The molecule has 0 spiro atoms. The van der Waals surface area contributed by atoms with Crippen molar-refractivity contribution in [2.24, 2.45) is 5.84 Å². The number of nitrogens with zero attached hydrogens (tertiary/aromatic N) is 2. The Morgan fingerprint density at radius 1 is 1.26 bits per heavy atom. The monoisotopic (exact) mass is 258 g/mol. The molecule has 0 aliphatic rings. The van der Waals surface area contributed by atoms with Gasteiger partial charge in [0.25, 0.3) is 0 Å². The second-order valence-electron chi connectivity index (χ2n) is 4.37. The van der Waals surface area contributed by atoms with Crippen molar-refractivity contribution in [3.05, 3.63) is 42.2 Å². The van der Waals surface area contributed by atoms with E-state index in [4.69, 9.17) is 10.6 Å². The molecule has 100 valence electrons. The Labute approximate surface area is 112 Å². The number of hydrogen-bond donors (Lipinski definition) is 2. The van der Waals surface area contributed by atoms with Crippen LogP contribution in [0.4, 0.5) is 5.82 Å². The molecule has 1 aromatic heterocycles. The first-order chi connectivity index (χ1) is 9.22. The highest BCUT2D eigenvalue weighted by atomic mass is 16.5. The molecule has 5 nitrogen and oxygen atoms in total. The van der Waals surface area contributed by atoms with Gasteiger partial charge in [0, 0.05) is 6.07 Å². The smallest absolute Gasteiger partial charge is 0.224 e. The maximum Gasteiger partial charge on any atom is 0.224 e. The molecule has 0 fully saturated rings. The van der Waals surface area contributed by atoms with Gasteiger partial charge in [0.15, 0.2) is 0 Å². The van der Waals surface area contributed by atoms with Crippen molar-refractivity contribution < 1.29 is 4.74 Å². The summed E-state index contributed by atoms with van der Waals surface area (Å²) in [6.45, 7) is 4.39. The number of anilines is 1. The molecule has 2 rings (SSSR count). The molecule has 2 aromatic rings. The first-order valence-electron chi connectivity index (χ1n) is 6.29. The fourth-order valence-corrected chi connectivity index (χ4v) is 1.70. The van der Waals surface area contributed by atoms with Gasteiger partial charge in [-0.1, -0.05) is 26.0 Å². The lowest BCUT2D eigenvalue weighted by molar-refractivity contribution is 0.461. The van der Waals surface area contributed by atoms with E-state index in [1.807, 2.05) is 12.1 Å². The summed E-state index contributed by atoms with van der Waals surface area (Å²) < 4.78 is 5.64. The quantitative estimate of drug-likeness (QED) is 0.637. The number of nitrogens with two attached hydrogens (primary N) is 1. The Hall–Kier alpha value is -2.14. The highest BCUT2D eigenvalue weighted by Crippen LogP contribution is 2.24. The molecular weight excluding hydrogens is 240 g/mol. The third-order valence-electron chi connectivity index (χ3n) is 3.07. The average Bonchev–Trinajstić information content (AvgIpc) is 2.47. The van der Waals surface area contributed by atoms with Gasteiger partial charge in [-0.3, -0.25) is 0 Å². The summed E-state index contributed by atoms with van der Waals surface area (Å²) in [6.07, 6.45) is 2.52. The summed E-state index contributed by atoms with van der Waals surface area (Å²) in [5, 5.41) is 0. The van der Waals surface area contributed by atoms with Crippen molar-refractivity contribution >= 4 is 5.82 Å². The van der Waals surface area contributed by atoms with Crippen LogP contribution in [0.1, 0.15) is 31.7 Å². The predicted molar refractivity (Wildman–Crippen MR) is 75.1 cm³/mol. The largest absolute Gasteiger partial charge is 0.439 e. The fourth-order valence-electron chi connectivity index (χ4n) is 1.70. The Morgan fingerprint density at radius 3 is 2.63 bits per heavy atom. The fraction of sp³-hybridized carbons (Fsp3) is 0.286. The van der Waals surface area contributed by atoms with E-state index in [1.165, 1.54) is 11.9 Å². The van der Waals surface area contributed by atoms with Crippen LogP contribution in [0.15, 0.2) is 36.7 Å². The maximum atomic E-state index is 5.64.